The Balaban J connectivity index is 1.49. The third kappa shape index (κ3) is 5.38. The van der Waals surface area contributed by atoms with Gasteiger partial charge in [-0.05, 0) is 59.3 Å². The van der Waals surface area contributed by atoms with Crippen molar-refractivity contribution in [1.29, 1.82) is 0 Å². The van der Waals surface area contributed by atoms with E-state index in [1.807, 2.05) is 31.2 Å². The van der Waals surface area contributed by atoms with Gasteiger partial charge in [-0.25, -0.2) is 9.48 Å². The van der Waals surface area contributed by atoms with Gasteiger partial charge >= 0.3 is 5.97 Å². The van der Waals surface area contributed by atoms with E-state index in [0.717, 1.165) is 11.3 Å². The number of carbonyl (C=O) groups excluding carboxylic acids is 2. The molecular formula is C20H21N5O4. The summed E-state index contributed by atoms with van der Waals surface area (Å²) >= 11 is 0. The number of benzene rings is 2. The van der Waals surface area contributed by atoms with Crippen LogP contribution in [0.15, 0.2) is 54.9 Å². The summed E-state index contributed by atoms with van der Waals surface area (Å²) in [6.07, 6.45) is 1.45. The number of hydrogen-bond acceptors (Lipinski definition) is 7. The molecule has 0 radical (unpaired) electrons. The predicted molar refractivity (Wildman–Crippen MR) is 104 cm³/mol. The molecule has 0 saturated carbocycles. The van der Waals surface area contributed by atoms with Crippen LogP contribution >= 0.6 is 0 Å². The fraction of sp³-hybridized carbons (Fsp3) is 0.250. The second-order valence-corrected chi connectivity index (χ2v) is 6.20. The molecule has 9 nitrogen and oxygen atoms in total. The van der Waals surface area contributed by atoms with Crippen molar-refractivity contribution in [1.82, 2.24) is 25.1 Å². The van der Waals surface area contributed by atoms with E-state index in [1.54, 1.807) is 31.3 Å². The number of likely N-dealkylation sites (N-methyl/N-ethyl adjacent to an activating group) is 1. The lowest BCUT2D eigenvalue weighted by Gasteiger charge is -2.17. The fourth-order valence-electron chi connectivity index (χ4n) is 2.57. The molecular weight excluding hydrogens is 374 g/mol. The van der Waals surface area contributed by atoms with E-state index < -0.39 is 5.97 Å². The average molecular weight is 395 g/mol. The zero-order valence-electron chi connectivity index (χ0n) is 16.2. The molecule has 1 aromatic heterocycles. The van der Waals surface area contributed by atoms with Crippen LogP contribution in [0.3, 0.4) is 0 Å². The summed E-state index contributed by atoms with van der Waals surface area (Å²) in [6.45, 7) is 2.60. The van der Waals surface area contributed by atoms with Gasteiger partial charge in [0.1, 0.15) is 12.1 Å². The summed E-state index contributed by atoms with van der Waals surface area (Å²) < 4.78 is 12.0. The lowest BCUT2D eigenvalue weighted by molar-refractivity contribution is -0.133. The van der Waals surface area contributed by atoms with Gasteiger partial charge in [0.15, 0.2) is 6.61 Å². The molecule has 0 bridgehead atoms. The number of amides is 1. The van der Waals surface area contributed by atoms with Gasteiger partial charge in [0.2, 0.25) is 0 Å². The van der Waals surface area contributed by atoms with Gasteiger partial charge in [0, 0.05) is 13.6 Å². The van der Waals surface area contributed by atoms with Crippen LogP contribution in [0.1, 0.15) is 22.8 Å². The van der Waals surface area contributed by atoms with Gasteiger partial charge in [-0.1, -0.05) is 12.1 Å². The first-order valence-electron chi connectivity index (χ1n) is 9.03. The van der Waals surface area contributed by atoms with Crippen LogP contribution in [0.2, 0.25) is 0 Å². The van der Waals surface area contributed by atoms with Gasteiger partial charge in [-0.3, -0.25) is 4.79 Å². The zero-order chi connectivity index (χ0) is 20.6. The number of nitrogens with zero attached hydrogens (tertiary/aromatic N) is 5. The summed E-state index contributed by atoms with van der Waals surface area (Å²) in [5, 5.41) is 10.9. The Morgan fingerprint density at radius 3 is 2.41 bits per heavy atom. The number of hydrogen-bond donors (Lipinski definition) is 0. The molecule has 0 spiro atoms. The Kier molecular flexibility index (Phi) is 6.51. The molecule has 3 aromatic rings. The first-order chi connectivity index (χ1) is 14.1. The maximum Gasteiger partial charge on any atom is 0.338 e. The van der Waals surface area contributed by atoms with E-state index in [9.17, 15) is 9.59 Å². The summed E-state index contributed by atoms with van der Waals surface area (Å²) in [5.41, 5.74) is 2.00. The smallest absolute Gasteiger partial charge is 0.338 e. The number of esters is 1. The monoisotopic (exact) mass is 395 g/mol. The van der Waals surface area contributed by atoms with Crippen LogP contribution in [0.4, 0.5) is 0 Å². The third-order valence-electron chi connectivity index (χ3n) is 4.12. The number of aromatic nitrogens is 4. The zero-order valence-corrected chi connectivity index (χ0v) is 16.2. The van der Waals surface area contributed by atoms with Crippen molar-refractivity contribution in [2.75, 3.05) is 20.3 Å². The minimum atomic E-state index is -0.573. The highest BCUT2D eigenvalue weighted by atomic mass is 16.5. The molecule has 2 aromatic carbocycles. The highest BCUT2D eigenvalue weighted by Gasteiger charge is 2.14. The summed E-state index contributed by atoms with van der Waals surface area (Å²) in [6, 6.07) is 14.1. The molecule has 0 aliphatic heterocycles. The van der Waals surface area contributed by atoms with Crippen molar-refractivity contribution < 1.29 is 19.1 Å². The van der Waals surface area contributed by atoms with Crippen molar-refractivity contribution in [3.63, 3.8) is 0 Å². The van der Waals surface area contributed by atoms with E-state index in [1.165, 1.54) is 15.9 Å². The lowest BCUT2D eigenvalue weighted by atomic mass is 10.2. The summed E-state index contributed by atoms with van der Waals surface area (Å²) in [7, 11) is 1.66. The Hall–Kier alpha value is -3.75. The molecule has 29 heavy (non-hydrogen) atoms. The maximum absolute atomic E-state index is 12.3. The molecule has 9 heteroatoms. The summed E-state index contributed by atoms with van der Waals surface area (Å²) in [4.78, 5) is 25.9. The predicted octanol–water partition coefficient (Wildman–Crippen LogP) is 1.88. The van der Waals surface area contributed by atoms with Crippen molar-refractivity contribution in [2.24, 2.45) is 0 Å². The largest absolute Gasteiger partial charge is 0.494 e. The molecule has 3 rings (SSSR count). The van der Waals surface area contributed by atoms with Gasteiger partial charge in [-0.2, -0.15) is 0 Å². The molecule has 0 unspecified atom stereocenters. The number of carbonyl (C=O) groups is 2. The second kappa shape index (κ2) is 9.45. The topological polar surface area (TPSA) is 99.4 Å². The molecule has 1 heterocycles. The Bertz CT molecular complexity index is 940. The highest BCUT2D eigenvalue weighted by Crippen LogP contribution is 2.13. The van der Waals surface area contributed by atoms with E-state index in [2.05, 4.69) is 15.5 Å². The van der Waals surface area contributed by atoms with E-state index in [4.69, 9.17) is 9.47 Å². The standard InChI is InChI=1S/C20H21N5O4/c1-3-28-18-10-4-15(5-11-18)12-24(2)19(26)13-29-20(27)16-6-8-17(9-7-16)25-14-21-22-23-25/h4-11,14H,3,12-13H2,1-2H3. The Morgan fingerprint density at radius 1 is 1.07 bits per heavy atom. The van der Waals surface area contributed by atoms with Crippen LogP contribution in [-0.4, -0.2) is 57.2 Å². The number of tetrazole rings is 1. The van der Waals surface area contributed by atoms with Crippen molar-refractivity contribution in [3.8, 4) is 11.4 Å². The van der Waals surface area contributed by atoms with Crippen molar-refractivity contribution >= 4 is 11.9 Å². The molecule has 150 valence electrons. The van der Waals surface area contributed by atoms with E-state index in [-0.39, 0.29) is 12.5 Å². The van der Waals surface area contributed by atoms with Gasteiger partial charge in [-0.15, -0.1) is 5.10 Å². The van der Waals surface area contributed by atoms with Gasteiger partial charge in [0.25, 0.3) is 5.91 Å². The van der Waals surface area contributed by atoms with Crippen LogP contribution in [0, 0.1) is 0 Å². The van der Waals surface area contributed by atoms with Crippen LogP contribution in [0.25, 0.3) is 5.69 Å². The van der Waals surface area contributed by atoms with E-state index in [0.29, 0.717) is 24.4 Å². The normalized spacial score (nSPS) is 10.4. The first kappa shape index (κ1) is 20.0. The van der Waals surface area contributed by atoms with Crippen LogP contribution < -0.4 is 4.74 Å². The minimum Gasteiger partial charge on any atom is -0.494 e. The van der Waals surface area contributed by atoms with Crippen molar-refractivity contribution in [2.45, 2.75) is 13.5 Å². The molecule has 1 amide bonds. The van der Waals surface area contributed by atoms with Gasteiger partial charge < -0.3 is 14.4 Å². The van der Waals surface area contributed by atoms with Crippen LogP contribution in [0.5, 0.6) is 5.75 Å². The molecule has 0 atom stereocenters. The highest BCUT2D eigenvalue weighted by molar-refractivity contribution is 5.91. The van der Waals surface area contributed by atoms with Crippen molar-refractivity contribution in [3.05, 3.63) is 66.0 Å². The van der Waals surface area contributed by atoms with Crippen LogP contribution in [-0.2, 0) is 16.1 Å². The number of ether oxygens (including phenoxy) is 2. The molecule has 0 fully saturated rings. The Morgan fingerprint density at radius 2 is 1.79 bits per heavy atom. The van der Waals surface area contributed by atoms with E-state index >= 15 is 0 Å². The molecule has 0 aliphatic carbocycles. The quantitative estimate of drug-likeness (QED) is 0.537. The molecule has 0 aliphatic rings. The SMILES string of the molecule is CCOc1ccc(CN(C)C(=O)COC(=O)c2ccc(-n3cnnn3)cc2)cc1. The Labute approximate surface area is 167 Å². The first-order valence-corrected chi connectivity index (χ1v) is 9.03. The minimum absolute atomic E-state index is 0.294. The maximum atomic E-state index is 12.3. The second-order valence-electron chi connectivity index (χ2n) is 6.20. The third-order valence-corrected chi connectivity index (χ3v) is 4.12. The fourth-order valence-corrected chi connectivity index (χ4v) is 2.57. The molecule has 0 N–H and O–H groups in total. The van der Waals surface area contributed by atoms with Gasteiger partial charge in [0.05, 0.1) is 17.9 Å². The number of rotatable bonds is 8. The molecule has 0 saturated heterocycles. The average Bonchev–Trinajstić information content (AvgIpc) is 3.28. The summed E-state index contributed by atoms with van der Waals surface area (Å²) in [5.74, 6) is -0.0844. The lowest BCUT2D eigenvalue weighted by Crippen LogP contribution is -2.30.